The minimum absolute atomic E-state index is 0.0418. The fraction of sp³-hybridized carbons (Fsp3) is 0.321. The van der Waals surface area contributed by atoms with Crippen LogP contribution in [0.4, 0.5) is 16.0 Å². The molecule has 1 saturated heterocycles. The number of hydrogen-bond acceptors (Lipinski definition) is 6. The molecule has 2 aromatic heterocycles. The van der Waals surface area contributed by atoms with E-state index in [4.69, 9.17) is 4.74 Å². The Morgan fingerprint density at radius 2 is 1.94 bits per heavy atom. The SMILES string of the molecule is CCN1CCCC1CCC(=O)c1cc(Oc2ccc3c(c2)nc(Nc2ccc(F)cc2)n3C)ccn1. The molecule has 0 aliphatic carbocycles. The molecule has 1 aliphatic rings. The van der Waals surface area contributed by atoms with Crippen LogP contribution in [0.2, 0.25) is 0 Å². The fourth-order valence-electron chi connectivity index (χ4n) is 4.84. The van der Waals surface area contributed by atoms with E-state index in [0.717, 1.165) is 42.7 Å². The van der Waals surface area contributed by atoms with E-state index >= 15 is 0 Å². The van der Waals surface area contributed by atoms with Gasteiger partial charge in [-0.2, -0.15) is 0 Å². The molecule has 186 valence electrons. The first-order valence-electron chi connectivity index (χ1n) is 12.4. The highest BCUT2D eigenvalue weighted by molar-refractivity contribution is 5.94. The molecule has 0 spiro atoms. The van der Waals surface area contributed by atoms with E-state index in [1.54, 1.807) is 30.5 Å². The Balaban J connectivity index is 1.27. The standard InChI is InChI=1S/C28H30FN5O2/c1-3-34-16-4-5-21(34)10-13-27(35)25-18-23(14-15-30-25)36-22-11-12-26-24(17-22)32-28(33(26)2)31-20-8-6-19(29)7-9-20/h6-9,11-12,14-15,17-18,21H,3-5,10,13,16H2,1-2H3,(H,31,32). The lowest BCUT2D eigenvalue weighted by Crippen LogP contribution is -2.29. The lowest BCUT2D eigenvalue weighted by atomic mass is 10.0. The summed E-state index contributed by atoms with van der Waals surface area (Å²) in [7, 11) is 1.91. The van der Waals surface area contributed by atoms with Crippen molar-refractivity contribution in [2.45, 2.75) is 38.6 Å². The second kappa shape index (κ2) is 10.5. The number of benzene rings is 2. The number of nitrogens with zero attached hydrogens (tertiary/aromatic N) is 4. The van der Waals surface area contributed by atoms with Crippen molar-refractivity contribution in [3.8, 4) is 11.5 Å². The van der Waals surface area contributed by atoms with Gasteiger partial charge in [0, 0.05) is 43.5 Å². The number of Topliss-reactive ketones (excluding diaryl/α,β-unsaturated/α-hetero) is 1. The van der Waals surface area contributed by atoms with Gasteiger partial charge in [0.15, 0.2) is 5.78 Å². The van der Waals surface area contributed by atoms with Crippen LogP contribution in [0.15, 0.2) is 60.8 Å². The molecule has 8 heteroatoms. The zero-order valence-corrected chi connectivity index (χ0v) is 20.6. The summed E-state index contributed by atoms with van der Waals surface area (Å²) in [5.74, 6) is 1.56. The molecule has 2 aromatic carbocycles. The van der Waals surface area contributed by atoms with Gasteiger partial charge in [0.25, 0.3) is 0 Å². The molecule has 36 heavy (non-hydrogen) atoms. The molecular formula is C28H30FN5O2. The number of fused-ring (bicyclic) bond motifs is 1. The zero-order valence-electron chi connectivity index (χ0n) is 20.6. The van der Waals surface area contributed by atoms with Gasteiger partial charge in [-0.25, -0.2) is 9.37 Å². The van der Waals surface area contributed by atoms with E-state index in [1.807, 2.05) is 29.8 Å². The number of carbonyl (C=O) groups excluding carboxylic acids is 1. The predicted molar refractivity (Wildman–Crippen MR) is 139 cm³/mol. The van der Waals surface area contributed by atoms with E-state index in [9.17, 15) is 9.18 Å². The molecule has 7 nitrogen and oxygen atoms in total. The van der Waals surface area contributed by atoms with Crippen molar-refractivity contribution >= 4 is 28.5 Å². The quantitative estimate of drug-likeness (QED) is 0.288. The van der Waals surface area contributed by atoms with Gasteiger partial charge in [0.2, 0.25) is 5.95 Å². The maximum absolute atomic E-state index is 13.2. The third-order valence-corrected chi connectivity index (χ3v) is 6.82. The van der Waals surface area contributed by atoms with E-state index < -0.39 is 0 Å². The molecule has 0 amide bonds. The Hall–Kier alpha value is -3.78. The molecular weight excluding hydrogens is 457 g/mol. The van der Waals surface area contributed by atoms with Gasteiger partial charge in [-0.1, -0.05) is 6.92 Å². The van der Waals surface area contributed by atoms with Gasteiger partial charge < -0.3 is 19.5 Å². The summed E-state index contributed by atoms with van der Waals surface area (Å²) in [6.45, 7) is 4.33. The molecule has 0 radical (unpaired) electrons. The highest BCUT2D eigenvalue weighted by atomic mass is 19.1. The van der Waals surface area contributed by atoms with Crippen LogP contribution in [-0.4, -0.2) is 44.3 Å². The summed E-state index contributed by atoms with van der Waals surface area (Å²) in [4.78, 5) is 24.2. The Bertz CT molecular complexity index is 1370. The van der Waals surface area contributed by atoms with Crippen LogP contribution in [0.3, 0.4) is 0 Å². The summed E-state index contributed by atoms with van der Waals surface area (Å²) in [5.41, 5.74) is 2.85. The summed E-state index contributed by atoms with van der Waals surface area (Å²) >= 11 is 0. The van der Waals surface area contributed by atoms with Gasteiger partial charge in [0.1, 0.15) is 23.0 Å². The third kappa shape index (κ3) is 5.23. The molecule has 3 heterocycles. The van der Waals surface area contributed by atoms with Crippen molar-refractivity contribution in [1.29, 1.82) is 0 Å². The third-order valence-electron chi connectivity index (χ3n) is 6.82. The monoisotopic (exact) mass is 487 g/mol. The van der Waals surface area contributed by atoms with E-state index in [1.165, 1.54) is 18.6 Å². The molecule has 1 aliphatic heterocycles. The number of likely N-dealkylation sites (tertiary alicyclic amines) is 1. The number of ether oxygens (including phenoxy) is 1. The number of pyridine rings is 1. The van der Waals surface area contributed by atoms with Gasteiger partial charge in [-0.15, -0.1) is 0 Å². The Labute approximate surface area is 209 Å². The molecule has 5 rings (SSSR count). The van der Waals surface area contributed by atoms with Crippen LogP contribution >= 0.6 is 0 Å². The lowest BCUT2D eigenvalue weighted by molar-refractivity contribution is 0.0962. The first-order valence-corrected chi connectivity index (χ1v) is 12.4. The van der Waals surface area contributed by atoms with Crippen molar-refractivity contribution in [2.24, 2.45) is 7.05 Å². The predicted octanol–water partition coefficient (Wildman–Crippen LogP) is 6.09. The number of rotatable bonds is 9. The normalized spacial score (nSPS) is 15.9. The van der Waals surface area contributed by atoms with Crippen molar-refractivity contribution in [3.63, 3.8) is 0 Å². The average molecular weight is 488 g/mol. The molecule has 1 fully saturated rings. The van der Waals surface area contributed by atoms with Gasteiger partial charge in [-0.3, -0.25) is 9.78 Å². The number of carbonyl (C=O) groups is 1. The van der Waals surface area contributed by atoms with E-state index in [-0.39, 0.29) is 11.6 Å². The summed E-state index contributed by atoms with van der Waals surface area (Å²) in [6, 6.07) is 15.7. The minimum atomic E-state index is -0.287. The number of ketones is 1. The Morgan fingerprint density at radius 3 is 2.75 bits per heavy atom. The zero-order chi connectivity index (χ0) is 25.1. The van der Waals surface area contributed by atoms with Crippen LogP contribution in [0.5, 0.6) is 11.5 Å². The topological polar surface area (TPSA) is 72.3 Å². The molecule has 0 saturated carbocycles. The maximum Gasteiger partial charge on any atom is 0.208 e. The van der Waals surface area contributed by atoms with Crippen LogP contribution in [0.1, 0.15) is 43.1 Å². The molecule has 1 atom stereocenters. The van der Waals surface area contributed by atoms with Crippen molar-refractivity contribution in [2.75, 3.05) is 18.4 Å². The van der Waals surface area contributed by atoms with Gasteiger partial charge in [-0.05, 0) is 74.8 Å². The van der Waals surface area contributed by atoms with Crippen molar-refractivity contribution in [1.82, 2.24) is 19.4 Å². The smallest absolute Gasteiger partial charge is 0.208 e. The average Bonchev–Trinajstić information content (AvgIpc) is 3.47. The van der Waals surface area contributed by atoms with E-state index in [0.29, 0.717) is 35.6 Å². The largest absolute Gasteiger partial charge is 0.457 e. The molecule has 1 N–H and O–H groups in total. The number of halogens is 1. The first kappa shape index (κ1) is 23.9. The maximum atomic E-state index is 13.2. The summed E-state index contributed by atoms with van der Waals surface area (Å²) in [5, 5.41) is 3.21. The Morgan fingerprint density at radius 1 is 1.14 bits per heavy atom. The van der Waals surface area contributed by atoms with E-state index in [2.05, 4.69) is 27.1 Å². The highest BCUT2D eigenvalue weighted by Crippen LogP contribution is 2.29. The molecule has 1 unspecified atom stereocenters. The summed E-state index contributed by atoms with van der Waals surface area (Å²) in [6.07, 6.45) is 5.33. The van der Waals surface area contributed by atoms with Crippen molar-refractivity contribution < 1.29 is 13.9 Å². The van der Waals surface area contributed by atoms with Crippen LogP contribution in [0.25, 0.3) is 11.0 Å². The van der Waals surface area contributed by atoms with Crippen LogP contribution in [-0.2, 0) is 7.05 Å². The highest BCUT2D eigenvalue weighted by Gasteiger charge is 2.24. The van der Waals surface area contributed by atoms with Gasteiger partial charge >= 0.3 is 0 Å². The summed E-state index contributed by atoms with van der Waals surface area (Å²) < 4.78 is 21.2. The molecule has 0 bridgehead atoms. The molecule has 4 aromatic rings. The Kier molecular flexibility index (Phi) is 6.95. The number of anilines is 2. The van der Waals surface area contributed by atoms with Crippen LogP contribution < -0.4 is 10.1 Å². The van der Waals surface area contributed by atoms with Crippen LogP contribution in [0, 0.1) is 5.82 Å². The minimum Gasteiger partial charge on any atom is -0.457 e. The van der Waals surface area contributed by atoms with Gasteiger partial charge in [0.05, 0.1) is 11.0 Å². The lowest BCUT2D eigenvalue weighted by Gasteiger charge is -2.22. The first-order chi connectivity index (χ1) is 17.5. The number of imidazole rings is 1. The second-order valence-corrected chi connectivity index (χ2v) is 9.14. The second-order valence-electron chi connectivity index (χ2n) is 9.14. The number of nitrogens with one attached hydrogen (secondary N) is 1. The fourth-order valence-corrected chi connectivity index (χ4v) is 4.84. The van der Waals surface area contributed by atoms with Crippen molar-refractivity contribution in [3.05, 3.63) is 72.3 Å². The number of aryl methyl sites for hydroxylation is 1. The number of aromatic nitrogens is 3. The number of hydrogen-bond donors (Lipinski definition) is 1.